The van der Waals surface area contributed by atoms with Crippen LogP contribution in [0, 0.1) is 0 Å². The number of ketones is 1. The smallest absolute Gasteiger partial charge is 0.196 e. The molecule has 10 heavy (non-hydrogen) atoms. The summed E-state index contributed by atoms with van der Waals surface area (Å²) in [5.41, 5.74) is 0.531. The van der Waals surface area contributed by atoms with Crippen molar-refractivity contribution in [2.45, 2.75) is 6.92 Å². The summed E-state index contributed by atoms with van der Waals surface area (Å²) in [6, 6.07) is 0. The summed E-state index contributed by atoms with van der Waals surface area (Å²) in [6.07, 6.45) is 2.97. The molecule has 1 rings (SSSR count). The minimum atomic E-state index is -0.0208. The van der Waals surface area contributed by atoms with Crippen molar-refractivity contribution in [1.82, 2.24) is 9.97 Å². The minimum Gasteiger partial charge on any atom is -0.294 e. The fourth-order valence-corrected chi connectivity index (χ4v) is 0.699. The number of nitrogens with zero attached hydrogens (tertiary/aromatic N) is 2. The maximum Gasteiger partial charge on any atom is 0.196 e. The Morgan fingerprint density at radius 1 is 1.50 bits per heavy atom. The summed E-state index contributed by atoms with van der Waals surface area (Å²) < 4.78 is 0.498. The minimum absolute atomic E-state index is 0.0208. The molecule has 0 atom stereocenters. The number of aromatic nitrogens is 2. The summed E-state index contributed by atoms with van der Waals surface area (Å²) in [4.78, 5) is 18.2. The van der Waals surface area contributed by atoms with Gasteiger partial charge in [-0.2, -0.15) is 0 Å². The lowest BCUT2D eigenvalue weighted by Gasteiger charge is -1.91. The number of rotatable bonds is 1. The van der Waals surface area contributed by atoms with Gasteiger partial charge in [0.05, 0.1) is 5.56 Å². The molecule has 0 bridgehead atoms. The van der Waals surface area contributed by atoms with Crippen LogP contribution in [0.2, 0.25) is 0 Å². The van der Waals surface area contributed by atoms with Crippen LogP contribution in [0.5, 0.6) is 0 Å². The van der Waals surface area contributed by atoms with Gasteiger partial charge in [0.1, 0.15) is 0 Å². The van der Waals surface area contributed by atoms with Crippen LogP contribution in [0.4, 0.5) is 0 Å². The molecule has 52 valence electrons. The van der Waals surface area contributed by atoms with Gasteiger partial charge in [0.2, 0.25) is 0 Å². The van der Waals surface area contributed by atoms with Gasteiger partial charge in [0.25, 0.3) is 0 Å². The van der Waals surface area contributed by atoms with Crippen molar-refractivity contribution in [3.63, 3.8) is 0 Å². The SMILES string of the molecule is CC(=O)c1cnc(Br)nc1. The van der Waals surface area contributed by atoms with Gasteiger partial charge in [0, 0.05) is 12.4 Å². The second kappa shape index (κ2) is 2.88. The molecule has 0 fully saturated rings. The number of carbonyl (C=O) groups is 1. The van der Waals surface area contributed by atoms with Gasteiger partial charge < -0.3 is 0 Å². The maximum atomic E-state index is 10.7. The zero-order valence-electron chi connectivity index (χ0n) is 5.34. The van der Waals surface area contributed by atoms with E-state index >= 15 is 0 Å². The number of halogens is 1. The first-order valence-electron chi connectivity index (χ1n) is 2.68. The monoisotopic (exact) mass is 200 g/mol. The molecular weight excluding hydrogens is 196 g/mol. The van der Waals surface area contributed by atoms with E-state index in [1.807, 2.05) is 0 Å². The summed E-state index contributed by atoms with van der Waals surface area (Å²) >= 11 is 3.06. The molecule has 0 aliphatic carbocycles. The molecule has 4 heteroatoms. The van der Waals surface area contributed by atoms with Gasteiger partial charge in [0.15, 0.2) is 10.5 Å². The highest BCUT2D eigenvalue weighted by molar-refractivity contribution is 9.10. The first-order valence-corrected chi connectivity index (χ1v) is 3.48. The van der Waals surface area contributed by atoms with E-state index in [0.29, 0.717) is 10.3 Å². The van der Waals surface area contributed by atoms with E-state index in [2.05, 4.69) is 25.9 Å². The third-order valence-corrected chi connectivity index (χ3v) is 1.44. The molecule has 0 spiro atoms. The van der Waals surface area contributed by atoms with Crippen LogP contribution in [-0.2, 0) is 0 Å². The van der Waals surface area contributed by atoms with Crippen molar-refractivity contribution in [3.8, 4) is 0 Å². The average Bonchev–Trinajstić information content (AvgIpc) is 1.88. The largest absolute Gasteiger partial charge is 0.294 e. The van der Waals surface area contributed by atoms with E-state index in [4.69, 9.17) is 0 Å². The zero-order chi connectivity index (χ0) is 7.56. The fourth-order valence-electron chi connectivity index (χ4n) is 0.494. The number of carbonyl (C=O) groups excluding carboxylic acids is 1. The predicted octanol–water partition coefficient (Wildman–Crippen LogP) is 1.44. The second-order valence-corrected chi connectivity index (χ2v) is 2.51. The number of Topliss-reactive ketones (excluding diaryl/α,β-unsaturated/α-hetero) is 1. The van der Waals surface area contributed by atoms with E-state index in [0.717, 1.165) is 0 Å². The van der Waals surface area contributed by atoms with Crippen molar-refractivity contribution in [2.24, 2.45) is 0 Å². The Balaban J connectivity index is 3.00. The van der Waals surface area contributed by atoms with Crippen LogP contribution < -0.4 is 0 Å². The highest BCUT2D eigenvalue weighted by Gasteiger charge is 1.98. The lowest BCUT2D eigenvalue weighted by molar-refractivity contribution is 0.101. The molecule has 0 amide bonds. The highest BCUT2D eigenvalue weighted by atomic mass is 79.9. The zero-order valence-corrected chi connectivity index (χ0v) is 6.92. The van der Waals surface area contributed by atoms with Gasteiger partial charge in [-0.15, -0.1) is 0 Å². The molecule has 0 aromatic carbocycles. The van der Waals surface area contributed by atoms with Crippen LogP contribution in [0.15, 0.2) is 17.1 Å². The van der Waals surface area contributed by atoms with E-state index in [9.17, 15) is 4.79 Å². The van der Waals surface area contributed by atoms with Crippen LogP contribution in [-0.4, -0.2) is 15.8 Å². The van der Waals surface area contributed by atoms with E-state index in [1.165, 1.54) is 19.3 Å². The van der Waals surface area contributed by atoms with Crippen molar-refractivity contribution < 1.29 is 4.79 Å². The maximum absolute atomic E-state index is 10.7. The molecule has 0 radical (unpaired) electrons. The lowest BCUT2D eigenvalue weighted by atomic mass is 10.2. The third-order valence-electron chi connectivity index (χ3n) is 1.03. The first kappa shape index (κ1) is 7.34. The van der Waals surface area contributed by atoms with E-state index < -0.39 is 0 Å². The molecule has 0 saturated heterocycles. The predicted molar refractivity (Wildman–Crippen MR) is 39.7 cm³/mol. The van der Waals surface area contributed by atoms with Gasteiger partial charge in [-0.25, -0.2) is 9.97 Å². The Labute approximate surface area is 66.6 Å². The molecule has 0 unspecified atom stereocenters. The van der Waals surface area contributed by atoms with Crippen LogP contribution >= 0.6 is 15.9 Å². The normalized spacial score (nSPS) is 9.40. The average molecular weight is 201 g/mol. The molecule has 0 aliphatic heterocycles. The molecule has 0 aliphatic rings. The van der Waals surface area contributed by atoms with Gasteiger partial charge in [-0.05, 0) is 22.9 Å². The Bertz CT molecular complexity index is 244. The molecule has 1 aromatic heterocycles. The van der Waals surface area contributed by atoms with Gasteiger partial charge >= 0.3 is 0 Å². The Morgan fingerprint density at radius 3 is 2.40 bits per heavy atom. The fraction of sp³-hybridized carbons (Fsp3) is 0.167. The molecule has 0 saturated carbocycles. The third kappa shape index (κ3) is 1.60. The van der Waals surface area contributed by atoms with Crippen molar-refractivity contribution >= 4 is 21.7 Å². The quantitative estimate of drug-likeness (QED) is 0.510. The highest BCUT2D eigenvalue weighted by Crippen LogP contribution is 2.01. The van der Waals surface area contributed by atoms with E-state index in [-0.39, 0.29) is 5.78 Å². The molecule has 1 heterocycles. The second-order valence-electron chi connectivity index (χ2n) is 1.80. The standard InChI is InChI=1S/C6H5BrN2O/c1-4(10)5-2-8-6(7)9-3-5/h2-3H,1H3. The molecule has 0 N–H and O–H groups in total. The van der Waals surface area contributed by atoms with Gasteiger partial charge in [-0.1, -0.05) is 0 Å². The molecule has 1 aromatic rings. The van der Waals surface area contributed by atoms with Crippen LogP contribution in [0.3, 0.4) is 0 Å². The van der Waals surface area contributed by atoms with E-state index in [1.54, 1.807) is 0 Å². The lowest BCUT2D eigenvalue weighted by Crippen LogP contribution is -1.94. The molecule has 3 nitrogen and oxygen atoms in total. The number of hydrogen-bond acceptors (Lipinski definition) is 3. The van der Waals surface area contributed by atoms with Gasteiger partial charge in [-0.3, -0.25) is 4.79 Å². The summed E-state index contributed by atoms with van der Waals surface area (Å²) in [5, 5.41) is 0. The summed E-state index contributed by atoms with van der Waals surface area (Å²) in [7, 11) is 0. The molecular formula is C6H5BrN2O. The summed E-state index contributed by atoms with van der Waals surface area (Å²) in [6.45, 7) is 1.48. The first-order chi connectivity index (χ1) is 4.70. The van der Waals surface area contributed by atoms with Crippen LogP contribution in [0.1, 0.15) is 17.3 Å². The Hall–Kier alpha value is -0.770. The summed E-state index contributed by atoms with van der Waals surface area (Å²) in [5.74, 6) is -0.0208. The topological polar surface area (TPSA) is 42.9 Å². The number of hydrogen-bond donors (Lipinski definition) is 0. The van der Waals surface area contributed by atoms with Crippen LogP contribution in [0.25, 0.3) is 0 Å². The van der Waals surface area contributed by atoms with Crippen molar-refractivity contribution in [2.75, 3.05) is 0 Å². The van der Waals surface area contributed by atoms with Crippen molar-refractivity contribution in [1.29, 1.82) is 0 Å². The Morgan fingerprint density at radius 2 is 2.00 bits per heavy atom. The van der Waals surface area contributed by atoms with Crippen molar-refractivity contribution in [3.05, 3.63) is 22.7 Å². The Kier molecular flexibility index (Phi) is 2.11.